The van der Waals surface area contributed by atoms with Crippen LogP contribution in [0.3, 0.4) is 0 Å². The number of ether oxygens (including phenoxy) is 1. The van der Waals surface area contributed by atoms with Crippen LogP contribution in [-0.2, 0) is 5.92 Å². The zero-order chi connectivity index (χ0) is 25.0. The third-order valence-electron chi connectivity index (χ3n) is 5.97. The molecule has 1 aliphatic rings. The van der Waals surface area contributed by atoms with Crippen LogP contribution in [-0.4, -0.2) is 47.8 Å². The van der Waals surface area contributed by atoms with Gasteiger partial charge in [0.15, 0.2) is 0 Å². The second-order valence-corrected chi connectivity index (χ2v) is 16.1. The molecule has 2 aromatic rings. The highest BCUT2D eigenvalue weighted by Crippen LogP contribution is 2.36. The fourth-order valence-corrected chi connectivity index (χ4v) is 4.72. The number of aromatic nitrogens is 2. The molecule has 0 spiro atoms. The van der Waals surface area contributed by atoms with Gasteiger partial charge in [0.1, 0.15) is 5.69 Å². The number of benzene rings is 1. The van der Waals surface area contributed by atoms with Gasteiger partial charge in [0.25, 0.3) is 5.91 Å². The van der Waals surface area contributed by atoms with Gasteiger partial charge in [-0.15, -0.1) is 0 Å². The molecule has 0 bridgehead atoms. The Morgan fingerprint density at radius 1 is 1.24 bits per heavy atom. The van der Waals surface area contributed by atoms with Gasteiger partial charge in [-0.3, -0.25) is 4.79 Å². The van der Waals surface area contributed by atoms with Gasteiger partial charge in [-0.2, -0.15) is 13.8 Å². The van der Waals surface area contributed by atoms with Gasteiger partial charge < -0.3 is 15.2 Å². The van der Waals surface area contributed by atoms with Crippen molar-refractivity contribution in [1.82, 2.24) is 15.3 Å². The number of halogens is 3. The molecule has 1 aromatic carbocycles. The van der Waals surface area contributed by atoms with Crippen LogP contribution < -0.4 is 10.1 Å². The molecular formula is C24H32ClF2N3O3Si. The van der Waals surface area contributed by atoms with Crippen LogP contribution in [0.2, 0.25) is 30.7 Å². The predicted octanol–water partition coefficient (Wildman–Crippen LogP) is 5.41. The van der Waals surface area contributed by atoms with Crippen LogP contribution in [0, 0.1) is 0 Å². The van der Waals surface area contributed by atoms with Crippen LogP contribution in [0.15, 0.2) is 30.5 Å². The molecule has 0 unspecified atom stereocenters. The van der Waals surface area contributed by atoms with E-state index >= 15 is 8.78 Å². The number of hydrogen-bond acceptors (Lipinski definition) is 5. The lowest BCUT2D eigenvalue weighted by Crippen LogP contribution is -2.44. The average molecular weight is 512 g/mol. The van der Waals surface area contributed by atoms with E-state index in [4.69, 9.17) is 16.3 Å². The zero-order valence-electron chi connectivity index (χ0n) is 19.8. The Balaban J connectivity index is 1.75. The van der Waals surface area contributed by atoms with Crippen molar-refractivity contribution in [2.24, 2.45) is 0 Å². The Morgan fingerprint density at radius 3 is 2.62 bits per heavy atom. The first-order valence-electron chi connectivity index (χ1n) is 11.5. The topological polar surface area (TPSA) is 84.3 Å². The summed E-state index contributed by atoms with van der Waals surface area (Å²) in [6.07, 6.45) is 5.24. The van der Waals surface area contributed by atoms with E-state index in [1.165, 1.54) is 18.3 Å². The molecule has 0 saturated heterocycles. The molecule has 34 heavy (non-hydrogen) atoms. The minimum atomic E-state index is -3.50. The van der Waals surface area contributed by atoms with E-state index in [1.54, 1.807) is 0 Å². The van der Waals surface area contributed by atoms with E-state index in [1.807, 2.05) is 0 Å². The first-order chi connectivity index (χ1) is 15.9. The first-order valence-corrected chi connectivity index (χ1v) is 15.6. The normalized spacial score (nSPS) is 16.2. The molecule has 1 saturated carbocycles. The van der Waals surface area contributed by atoms with E-state index in [0.717, 1.165) is 37.4 Å². The quantitative estimate of drug-likeness (QED) is 0.439. The molecule has 1 fully saturated rings. The molecule has 3 rings (SSSR count). The van der Waals surface area contributed by atoms with Crippen molar-refractivity contribution < 1.29 is 23.4 Å². The van der Waals surface area contributed by atoms with Crippen LogP contribution in [0.4, 0.5) is 8.78 Å². The minimum absolute atomic E-state index is 0.0470. The van der Waals surface area contributed by atoms with Crippen LogP contribution in [0.1, 0.15) is 53.7 Å². The number of aliphatic hydroxyl groups is 1. The highest BCUT2D eigenvalue weighted by atomic mass is 35.5. The number of alkyl halides is 2. The second kappa shape index (κ2) is 10.7. The lowest BCUT2D eigenvalue weighted by molar-refractivity contribution is 0.00522. The summed E-state index contributed by atoms with van der Waals surface area (Å²) in [7, 11) is -1.35. The van der Waals surface area contributed by atoms with Crippen molar-refractivity contribution in [2.75, 3.05) is 13.2 Å². The van der Waals surface area contributed by atoms with E-state index in [0.29, 0.717) is 19.4 Å². The maximum Gasteiger partial charge on any atom is 0.316 e. The van der Waals surface area contributed by atoms with Crippen molar-refractivity contribution in [3.63, 3.8) is 0 Å². The number of amides is 1. The maximum absolute atomic E-state index is 15.3. The number of carbonyl (C=O) groups excluding carboxylic acids is 1. The molecule has 0 radical (unpaired) electrons. The van der Waals surface area contributed by atoms with Gasteiger partial charge in [0.2, 0.25) is 0 Å². The van der Waals surface area contributed by atoms with E-state index < -0.39 is 36.8 Å². The Kier molecular flexibility index (Phi) is 8.31. The largest absolute Gasteiger partial charge is 0.464 e. The monoisotopic (exact) mass is 511 g/mol. The zero-order valence-corrected chi connectivity index (χ0v) is 21.6. The van der Waals surface area contributed by atoms with Gasteiger partial charge in [-0.05, 0) is 37.1 Å². The number of nitrogens with zero attached hydrogens (tertiary/aromatic N) is 2. The van der Waals surface area contributed by atoms with Crippen molar-refractivity contribution in [3.8, 4) is 6.01 Å². The number of carbonyl (C=O) groups is 1. The SMILES string of the molecule is C[Si](C)(C)CCOc1nccc(C(F)(F)c2ccc(Cl)c(C(=O)NCC3(O)CCCCC3)c2)n1. The summed E-state index contributed by atoms with van der Waals surface area (Å²) >= 11 is 6.15. The van der Waals surface area contributed by atoms with Crippen molar-refractivity contribution >= 4 is 25.6 Å². The van der Waals surface area contributed by atoms with E-state index in [-0.39, 0.29) is 23.1 Å². The summed E-state index contributed by atoms with van der Waals surface area (Å²) in [6, 6.07) is 5.36. The molecule has 186 valence electrons. The highest BCUT2D eigenvalue weighted by Gasteiger charge is 2.37. The molecule has 2 N–H and O–H groups in total. The smallest absolute Gasteiger partial charge is 0.316 e. The molecule has 1 aromatic heterocycles. The predicted molar refractivity (Wildman–Crippen MR) is 130 cm³/mol. The van der Waals surface area contributed by atoms with Gasteiger partial charge >= 0.3 is 11.9 Å². The number of rotatable bonds is 9. The highest BCUT2D eigenvalue weighted by molar-refractivity contribution is 6.76. The van der Waals surface area contributed by atoms with Crippen LogP contribution in [0.25, 0.3) is 0 Å². The first kappa shape index (κ1) is 26.5. The number of nitrogens with one attached hydrogen (secondary N) is 1. The maximum atomic E-state index is 15.3. The standard InChI is InChI=1S/C24H32ClF2N3O3Si/c1-34(2,3)14-13-33-22-28-12-9-20(30-22)24(26,27)17-7-8-19(25)18(15-17)21(31)29-16-23(32)10-5-4-6-11-23/h7-9,12,15,32H,4-6,10-11,13-14,16H2,1-3H3,(H,29,31). The molecule has 1 aliphatic carbocycles. The minimum Gasteiger partial charge on any atom is -0.464 e. The molecule has 0 atom stereocenters. The van der Waals surface area contributed by atoms with Crippen molar-refractivity contribution in [3.05, 3.63) is 52.3 Å². The summed E-state index contributed by atoms with van der Waals surface area (Å²) in [4.78, 5) is 20.6. The summed E-state index contributed by atoms with van der Waals surface area (Å²) in [5, 5.41) is 13.3. The average Bonchev–Trinajstić information content (AvgIpc) is 2.77. The van der Waals surface area contributed by atoms with Crippen molar-refractivity contribution in [1.29, 1.82) is 0 Å². The Hall–Kier alpha value is -2.10. The fourth-order valence-electron chi connectivity index (χ4n) is 3.80. The molecular weight excluding hydrogens is 480 g/mol. The van der Waals surface area contributed by atoms with Gasteiger partial charge in [-0.25, -0.2) is 4.98 Å². The lowest BCUT2D eigenvalue weighted by atomic mass is 9.85. The Labute approximate surface area is 205 Å². The van der Waals surface area contributed by atoms with E-state index in [2.05, 4.69) is 34.9 Å². The van der Waals surface area contributed by atoms with Crippen molar-refractivity contribution in [2.45, 2.75) is 69.3 Å². The Bertz CT molecular complexity index is 1010. The fraction of sp³-hybridized carbons (Fsp3) is 0.542. The molecule has 1 amide bonds. The Morgan fingerprint density at radius 2 is 1.94 bits per heavy atom. The van der Waals surface area contributed by atoms with Gasteiger partial charge in [0.05, 0.1) is 22.8 Å². The van der Waals surface area contributed by atoms with E-state index in [9.17, 15) is 9.90 Å². The second-order valence-electron chi connectivity index (χ2n) is 10.1. The molecule has 10 heteroatoms. The summed E-state index contributed by atoms with van der Waals surface area (Å²) < 4.78 is 36.2. The van der Waals surface area contributed by atoms with Crippen LogP contribution >= 0.6 is 11.6 Å². The third-order valence-corrected chi connectivity index (χ3v) is 8.01. The third kappa shape index (κ3) is 6.96. The summed E-state index contributed by atoms with van der Waals surface area (Å²) in [5.41, 5.74) is -2.02. The summed E-state index contributed by atoms with van der Waals surface area (Å²) in [6.45, 7) is 6.97. The molecule has 0 aliphatic heterocycles. The lowest BCUT2D eigenvalue weighted by Gasteiger charge is -2.32. The van der Waals surface area contributed by atoms with Gasteiger partial charge in [-0.1, -0.05) is 56.6 Å². The van der Waals surface area contributed by atoms with Gasteiger partial charge in [0, 0.05) is 26.4 Å². The number of hydrogen-bond donors (Lipinski definition) is 2. The van der Waals surface area contributed by atoms with Crippen LogP contribution in [0.5, 0.6) is 6.01 Å². The molecule has 1 heterocycles. The molecule has 6 nitrogen and oxygen atoms in total. The summed E-state index contributed by atoms with van der Waals surface area (Å²) in [5.74, 6) is -4.11.